The lowest BCUT2D eigenvalue weighted by molar-refractivity contribution is -0.138. The van der Waals surface area contributed by atoms with Crippen LogP contribution in [-0.2, 0) is 16.0 Å². The number of nitrogens with zero attached hydrogens (tertiary/aromatic N) is 2. The summed E-state index contributed by atoms with van der Waals surface area (Å²) in [6.45, 7) is 5.08. The fourth-order valence-electron chi connectivity index (χ4n) is 2.74. The van der Waals surface area contributed by atoms with Crippen molar-refractivity contribution in [3.05, 3.63) is 28.8 Å². The number of carbonyl (C=O) groups is 1. The van der Waals surface area contributed by atoms with Gasteiger partial charge in [-0.1, -0.05) is 23.7 Å². The molecule has 0 aliphatic carbocycles. The number of morpholine rings is 1. The molecule has 2 rings (SSSR count). The summed E-state index contributed by atoms with van der Waals surface area (Å²) in [5.74, 6) is 0.698. The molecule has 0 aromatic heterocycles. The lowest BCUT2D eigenvalue weighted by atomic mass is 10.1. The zero-order valence-corrected chi connectivity index (χ0v) is 14.8. The average molecular weight is 341 g/mol. The number of carbonyl (C=O) groups excluding carboxylic acids is 1. The van der Waals surface area contributed by atoms with E-state index in [4.69, 9.17) is 21.1 Å². The predicted molar refractivity (Wildman–Crippen MR) is 91.2 cm³/mol. The predicted octanol–water partition coefficient (Wildman–Crippen LogP) is 2.07. The van der Waals surface area contributed by atoms with Crippen LogP contribution in [0.15, 0.2) is 18.2 Å². The Morgan fingerprint density at radius 3 is 2.96 bits per heavy atom. The van der Waals surface area contributed by atoms with Crippen molar-refractivity contribution in [3.63, 3.8) is 0 Å². The van der Waals surface area contributed by atoms with Gasteiger partial charge in [0.05, 0.1) is 30.8 Å². The van der Waals surface area contributed by atoms with Crippen molar-refractivity contribution in [1.29, 1.82) is 0 Å². The minimum atomic E-state index is 0.0634. The summed E-state index contributed by atoms with van der Waals surface area (Å²) >= 11 is 6.18. The minimum absolute atomic E-state index is 0.0634. The molecule has 1 amide bonds. The highest BCUT2D eigenvalue weighted by Crippen LogP contribution is 2.29. The average Bonchev–Trinajstić information content (AvgIpc) is 2.50. The summed E-state index contributed by atoms with van der Waals surface area (Å²) in [5.41, 5.74) is 0.833. The Kier molecular flexibility index (Phi) is 6.69. The van der Waals surface area contributed by atoms with Crippen LogP contribution in [0.4, 0.5) is 0 Å². The topological polar surface area (TPSA) is 42.0 Å². The van der Waals surface area contributed by atoms with E-state index in [0.29, 0.717) is 43.5 Å². The molecule has 0 bridgehead atoms. The van der Waals surface area contributed by atoms with Crippen LogP contribution in [0.3, 0.4) is 0 Å². The summed E-state index contributed by atoms with van der Waals surface area (Å²) in [7, 11) is 4.01. The number of halogens is 1. The van der Waals surface area contributed by atoms with Crippen molar-refractivity contribution in [3.8, 4) is 5.75 Å². The van der Waals surface area contributed by atoms with Crippen LogP contribution < -0.4 is 4.74 Å². The Morgan fingerprint density at radius 2 is 2.26 bits per heavy atom. The van der Waals surface area contributed by atoms with Gasteiger partial charge in [0.1, 0.15) is 5.75 Å². The molecule has 1 aromatic rings. The van der Waals surface area contributed by atoms with Crippen LogP contribution in [0.2, 0.25) is 5.02 Å². The molecular weight excluding hydrogens is 316 g/mol. The summed E-state index contributed by atoms with van der Waals surface area (Å²) in [6.07, 6.45) is 0.360. The number of benzene rings is 1. The summed E-state index contributed by atoms with van der Waals surface area (Å²) in [6, 6.07) is 5.52. The van der Waals surface area contributed by atoms with Gasteiger partial charge in [-0.25, -0.2) is 0 Å². The van der Waals surface area contributed by atoms with Crippen molar-refractivity contribution in [1.82, 2.24) is 9.80 Å². The number of rotatable bonds is 6. The molecule has 1 heterocycles. The number of hydrogen-bond donors (Lipinski definition) is 0. The fourth-order valence-corrected chi connectivity index (χ4v) is 2.99. The Bertz CT molecular complexity index is 537. The van der Waals surface area contributed by atoms with E-state index in [1.54, 1.807) is 6.07 Å². The van der Waals surface area contributed by atoms with Crippen LogP contribution in [0, 0.1) is 0 Å². The molecule has 6 heteroatoms. The monoisotopic (exact) mass is 340 g/mol. The van der Waals surface area contributed by atoms with Gasteiger partial charge >= 0.3 is 0 Å². The van der Waals surface area contributed by atoms with Crippen LogP contribution in [0.1, 0.15) is 12.5 Å². The molecule has 1 aliphatic rings. The standard InChI is InChI=1S/C17H25ClN2O3/c1-4-22-17-13(6-5-7-15(17)18)10-16(21)20-8-9-23-14(12-20)11-19(2)3/h5-7,14H,4,8-12H2,1-3H3. The molecule has 0 spiro atoms. The molecule has 1 saturated heterocycles. The SMILES string of the molecule is CCOc1c(Cl)cccc1CC(=O)N1CCOC(CN(C)C)C1. The Morgan fingerprint density at radius 1 is 1.48 bits per heavy atom. The molecule has 0 radical (unpaired) electrons. The van der Waals surface area contributed by atoms with E-state index in [-0.39, 0.29) is 12.0 Å². The third-order valence-electron chi connectivity index (χ3n) is 3.74. The zero-order chi connectivity index (χ0) is 16.8. The largest absolute Gasteiger partial charge is 0.492 e. The number of ether oxygens (including phenoxy) is 2. The Balaban J connectivity index is 2.03. The lowest BCUT2D eigenvalue weighted by Gasteiger charge is -2.34. The van der Waals surface area contributed by atoms with E-state index in [2.05, 4.69) is 4.90 Å². The molecule has 0 N–H and O–H groups in total. The normalized spacial score (nSPS) is 18.3. The van der Waals surface area contributed by atoms with Crippen LogP contribution in [0.25, 0.3) is 0 Å². The second kappa shape index (κ2) is 8.52. The van der Waals surface area contributed by atoms with Gasteiger partial charge < -0.3 is 19.3 Å². The summed E-state index contributed by atoms with van der Waals surface area (Å²) in [5, 5.41) is 0.546. The first-order chi connectivity index (χ1) is 11.0. The van der Waals surface area contributed by atoms with E-state index in [9.17, 15) is 4.79 Å². The maximum Gasteiger partial charge on any atom is 0.227 e. The quantitative estimate of drug-likeness (QED) is 0.795. The molecule has 1 unspecified atom stereocenters. The molecule has 0 saturated carbocycles. The van der Waals surface area contributed by atoms with Crippen molar-refractivity contribution in [2.45, 2.75) is 19.4 Å². The van der Waals surface area contributed by atoms with Crippen molar-refractivity contribution >= 4 is 17.5 Å². The van der Waals surface area contributed by atoms with Crippen LogP contribution >= 0.6 is 11.6 Å². The summed E-state index contributed by atoms with van der Waals surface area (Å²) in [4.78, 5) is 16.6. The molecule has 5 nitrogen and oxygen atoms in total. The third kappa shape index (κ3) is 5.09. The second-order valence-electron chi connectivity index (χ2n) is 5.93. The molecular formula is C17H25ClN2O3. The smallest absolute Gasteiger partial charge is 0.227 e. The van der Waals surface area contributed by atoms with Gasteiger partial charge in [0.15, 0.2) is 0 Å². The first-order valence-corrected chi connectivity index (χ1v) is 8.33. The number of likely N-dealkylation sites (N-methyl/N-ethyl adjacent to an activating group) is 1. The first kappa shape index (κ1) is 18.0. The van der Waals surface area contributed by atoms with Gasteiger partial charge in [-0.05, 0) is 27.1 Å². The highest BCUT2D eigenvalue weighted by Gasteiger charge is 2.25. The van der Waals surface area contributed by atoms with Crippen molar-refractivity contribution in [2.75, 3.05) is 46.9 Å². The zero-order valence-electron chi connectivity index (χ0n) is 14.0. The van der Waals surface area contributed by atoms with Gasteiger partial charge in [-0.15, -0.1) is 0 Å². The van der Waals surface area contributed by atoms with Gasteiger partial charge in [-0.3, -0.25) is 4.79 Å². The van der Waals surface area contributed by atoms with Crippen LogP contribution in [-0.4, -0.2) is 68.8 Å². The molecule has 23 heavy (non-hydrogen) atoms. The van der Waals surface area contributed by atoms with E-state index >= 15 is 0 Å². The van der Waals surface area contributed by atoms with E-state index in [1.807, 2.05) is 38.1 Å². The van der Waals surface area contributed by atoms with Gasteiger partial charge in [-0.2, -0.15) is 0 Å². The Hall–Kier alpha value is -1.30. The van der Waals surface area contributed by atoms with E-state index < -0.39 is 0 Å². The molecule has 1 aliphatic heterocycles. The van der Waals surface area contributed by atoms with Crippen LogP contribution in [0.5, 0.6) is 5.75 Å². The molecule has 1 aromatic carbocycles. The van der Waals surface area contributed by atoms with Gasteiger partial charge in [0.2, 0.25) is 5.91 Å². The first-order valence-electron chi connectivity index (χ1n) is 7.95. The lowest BCUT2D eigenvalue weighted by Crippen LogP contribution is -2.49. The highest BCUT2D eigenvalue weighted by molar-refractivity contribution is 6.32. The van der Waals surface area contributed by atoms with Gasteiger partial charge in [0, 0.05) is 25.2 Å². The van der Waals surface area contributed by atoms with E-state index in [0.717, 1.165) is 12.1 Å². The third-order valence-corrected chi connectivity index (χ3v) is 4.04. The number of amides is 1. The molecule has 128 valence electrons. The van der Waals surface area contributed by atoms with E-state index in [1.165, 1.54) is 0 Å². The highest BCUT2D eigenvalue weighted by atomic mass is 35.5. The summed E-state index contributed by atoms with van der Waals surface area (Å²) < 4.78 is 11.3. The number of hydrogen-bond acceptors (Lipinski definition) is 4. The maximum absolute atomic E-state index is 12.6. The Labute approximate surface area is 143 Å². The molecule has 1 atom stereocenters. The fraction of sp³-hybridized carbons (Fsp3) is 0.588. The maximum atomic E-state index is 12.6. The number of para-hydroxylation sites is 1. The van der Waals surface area contributed by atoms with Crippen molar-refractivity contribution in [2.24, 2.45) is 0 Å². The second-order valence-corrected chi connectivity index (χ2v) is 6.34. The minimum Gasteiger partial charge on any atom is -0.492 e. The van der Waals surface area contributed by atoms with Crippen molar-refractivity contribution < 1.29 is 14.3 Å². The van der Waals surface area contributed by atoms with Gasteiger partial charge in [0.25, 0.3) is 0 Å². The molecule has 1 fully saturated rings.